The first-order valence-electron chi connectivity index (χ1n) is 12.6. The van der Waals surface area contributed by atoms with Gasteiger partial charge in [-0.3, -0.25) is 9.78 Å². The molecule has 0 radical (unpaired) electrons. The van der Waals surface area contributed by atoms with Crippen LogP contribution < -0.4 is 15.5 Å². The summed E-state index contributed by atoms with van der Waals surface area (Å²) in [5, 5.41) is 6.25. The Morgan fingerprint density at radius 3 is 2.40 bits per heavy atom. The molecule has 190 valence electrons. The number of carbonyl (C=O) groups is 2. The number of aromatic nitrogens is 1. The van der Waals surface area contributed by atoms with Gasteiger partial charge in [-0.2, -0.15) is 0 Å². The number of pyridine rings is 1. The summed E-state index contributed by atoms with van der Waals surface area (Å²) in [7, 11) is 1.97. The lowest BCUT2D eigenvalue weighted by atomic mass is 9.87. The number of amides is 1. The van der Waals surface area contributed by atoms with Gasteiger partial charge in [0.15, 0.2) is 0 Å². The molecule has 35 heavy (non-hydrogen) atoms. The maximum Gasteiger partial charge on any atom is 0.247 e. The van der Waals surface area contributed by atoms with Crippen molar-refractivity contribution in [3.63, 3.8) is 0 Å². The van der Waals surface area contributed by atoms with Crippen LogP contribution in [0.2, 0.25) is 0 Å². The van der Waals surface area contributed by atoms with Crippen molar-refractivity contribution in [2.75, 3.05) is 31.7 Å². The van der Waals surface area contributed by atoms with Crippen LogP contribution in [0.15, 0.2) is 48.8 Å². The van der Waals surface area contributed by atoms with Gasteiger partial charge in [0, 0.05) is 49.9 Å². The maximum atomic E-state index is 13.2. The Hall–Kier alpha value is -2.77. The van der Waals surface area contributed by atoms with E-state index in [0.29, 0.717) is 13.2 Å². The van der Waals surface area contributed by atoms with E-state index in [9.17, 15) is 9.59 Å². The van der Waals surface area contributed by atoms with E-state index >= 15 is 0 Å². The Morgan fingerprint density at radius 1 is 1.17 bits per heavy atom. The van der Waals surface area contributed by atoms with E-state index in [0.717, 1.165) is 49.8 Å². The Labute approximate surface area is 209 Å². The van der Waals surface area contributed by atoms with Crippen molar-refractivity contribution in [3.05, 3.63) is 59.9 Å². The molecule has 2 aliphatic heterocycles. The molecule has 7 nitrogen and oxygen atoms in total. The van der Waals surface area contributed by atoms with Gasteiger partial charge in [0.05, 0.1) is 6.04 Å². The quantitative estimate of drug-likeness (QED) is 0.612. The molecule has 0 aliphatic carbocycles. The lowest BCUT2D eigenvalue weighted by Gasteiger charge is -2.32. The van der Waals surface area contributed by atoms with Crippen LogP contribution in [0.5, 0.6) is 0 Å². The highest BCUT2D eigenvalue weighted by molar-refractivity contribution is 5.86. The van der Waals surface area contributed by atoms with Crippen molar-refractivity contribution >= 4 is 17.9 Å². The smallest absolute Gasteiger partial charge is 0.247 e. The minimum Gasteiger partial charge on any atom is -0.381 e. The lowest BCUT2D eigenvalue weighted by Crippen LogP contribution is -2.45. The summed E-state index contributed by atoms with van der Waals surface area (Å²) >= 11 is 0. The monoisotopic (exact) mass is 480 g/mol. The lowest BCUT2D eigenvalue weighted by molar-refractivity contribution is -0.123. The van der Waals surface area contributed by atoms with E-state index in [2.05, 4.69) is 60.7 Å². The van der Waals surface area contributed by atoms with E-state index < -0.39 is 6.04 Å². The van der Waals surface area contributed by atoms with E-state index in [4.69, 9.17) is 4.74 Å². The predicted octanol–water partition coefficient (Wildman–Crippen LogP) is 3.79. The van der Waals surface area contributed by atoms with Gasteiger partial charge in [0.25, 0.3) is 0 Å². The molecular weight excluding hydrogens is 440 g/mol. The standard InChI is InChI=1S/C23H31N3O2.C5H9NO/c1-23(2,3)18-7-9-20(10-8-18)26(4)21(17-6-5-13-24-16-17)22(27)25-19-11-14-28-15-12-19;7-4-5-2-1-3-6-5/h5-10,13,16,19,21H,11-12,14-15H2,1-4H3,(H,25,27);4-6H,1-3H2. The molecule has 1 aromatic heterocycles. The molecule has 1 amide bonds. The second-order valence-corrected chi connectivity index (χ2v) is 10.3. The van der Waals surface area contributed by atoms with Crippen LogP contribution in [0.25, 0.3) is 0 Å². The first-order chi connectivity index (χ1) is 16.8. The number of hydrogen-bond acceptors (Lipinski definition) is 6. The number of ether oxygens (including phenoxy) is 1. The summed E-state index contributed by atoms with van der Waals surface area (Å²) in [4.78, 5) is 29.4. The van der Waals surface area contributed by atoms with Crippen molar-refractivity contribution in [1.29, 1.82) is 0 Å². The first kappa shape index (κ1) is 26.8. The van der Waals surface area contributed by atoms with Crippen LogP contribution in [0.1, 0.15) is 63.6 Å². The fourth-order valence-electron chi connectivity index (χ4n) is 4.38. The summed E-state index contributed by atoms with van der Waals surface area (Å²) in [6.45, 7) is 9.02. The van der Waals surface area contributed by atoms with E-state index in [-0.39, 0.29) is 23.4 Å². The molecule has 2 atom stereocenters. The second-order valence-electron chi connectivity index (χ2n) is 10.3. The molecule has 2 unspecified atom stereocenters. The molecule has 3 heterocycles. The average molecular weight is 481 g/mol. The van der Waals surface area contributed by atoms with Gasteiger partial charge in [-0.15, -0.1) is 0 Å². The van der Waals surface area contributed by atoms with Gasteiger partial charge in [-0.1, -0.05) is 39.0 Å². The van der Waals surface area contributed by atoms with Crippen molar-refractivity contribution in [2.24, 2.45) is 0 Å². The third-order valence-electron chi connectivity index (χ3n) is 6.61. The number of carbonyl (C=O) groups excluding carboxylic acids is 2. The number of likely N-dealkylation sites (N-methyl/N-ethyl adjacent to an activating group) is 1. The van der Waals surface area contributed by atoms with E-state index in [1.165, 1.54) is 5.56 Å². The number of nitrogens with one attached hydrogen (secondary N) is 2. The van der Waals surface area contributed by atoms with Crippen molar-refractivity contribution in [1.82, 2.24) is 15.6 Å². The fraction of sp³-hybridized carbons (Fsp3) is 0.536. The fourth-order valence-corrected chi connectivity index (χ4v) is 4.38. The van der Waals surface area contributed by atoms with Crippen LogP contribution in [0.4, 0.5) is 5.69 Å². The summed E-state index contributed by atoms with van der Waals surface area (Å²) in [5.41, 5.74) is 3.26. The number of benzene rings is 1. The molecule has 2 aliphatic rings. The minimum absolute atomic E-state index is 0.00213. The number of hydrogen-bond donors (Lipinski definition) is 2. The zero-order valence-electron chi connectivity index (χ0n) is 21.5. The SMILES string of the molecule is CN(c1ccc(C(C)(C)C)cc1)C(C(=O)NC1CCOCC1)c1cccnc1.O=CC1CCCN1. The molecule has 0 spiro atoms. The highest BCUT2D eigenvalue weighted by atomic mass is 16.5. The van der Waals surface area contributed by atoms with Crippen molar-refractivity contribution in [2.45, 2.75) is 70.0 Å². The zero-order chi connectivity index (χ0) is 25.3. The first-order valence-corrected chi connectivity index (χ1v) is 12.6. The number of aldehydes is 1. The Morgan fingerprint density at radius 2 is 1.89 bits per heavy atom. The normalized spacial score (nSPS) is 19.3. The molecule has 2 saturated heterocycles. The Kier molecular flexibility index (Phi) is 9.81. The molecule has 4 rings (SSSR count). The van der Waals surface area contributed by atoms with E-state index in [1.807, 2.05) is 24.1 Å². The predicted molar refractivity (Wildman–Crippen MR) is 140 cm³/mol. The van der Waals surface area contributed by atoms with Gasteiger partial charge in [0.1, 0.15) is 12.3 Å². The van der Waals surface area contributed by atoms with Gasteiger partial charge in [-0.25, -0.2) is 0 Å². The number of nitrogens with zero attached hydrogens (tertiary/aromatic N) is 2. The van der Waals surface area contributed by atoms with Gasteiger partial charge in [-0.05, 0) is 61.4 Å². The van der Waals surface area contributed by atoms with Crippen molar-refractivity contribution in [3.8, 4) is 0 Å². The number of rotatable bonds is 6. The third kappa shape index (κ3) is 7.87. The number of anilines is 1. The van der Waals surface area contributed by atoms with Crippen LogP contribution in [-0.4, -0.2) is 56.1 Å². The summed E-state index contributed by atoms with van der Waals surface area (Å²) < 4.78 is 5.41. The van der Waals surface area contributed by atoms with Crippen molar-refractivity contribution < 1.29 is 14.3 Å². The molecule has 2 fully saturated rings. The molecule has 1 aromatic carbocycles. The average Bonchev–Trinajstić information content (AvgIpc) is 3.40. The van der Waals surface area contributed by atoms with E-state index in [1.54, 1.807) is 12.4 Å². The Balaban J connectivity index is 0.000000420. The molecule has 2 N–H and O–H groups in total. The summed E-state index contributed by atoms with van der Waals surface area (Å²) in [5.74, 6) is 0.00213. The molecular formula is C28H40N4O3. The molecule has 0 bridgehead atoms. The van der Waals surface area contributed by atoms with Gasteiger partial charge in [0.2, 0.25) is 5.91 Å². The van der Waals surface area contributed by atoms with Gasteiger partial charge >= 0.3 is 0 Å². The third-order valence-corrected chi connectivity index (χ3v) is 6.61. The topological polar surface area (TPSA) is 83.6 Å². The van der Waals surface area contributed by atoms with Crippen LogP contribution in [0, 0.1) is 0 Å². The summed E-state index contributed by atoms with van der Waals surface area (Å²) in [6.07, 6.45) is 8.38. The van der Waals surface area contributed by atoms with Crippen LogP contribution in [-0.2, 0) is 19.7 Å². The molecule has 0 saturated carbocycles. The van der Waals surface area contributed by atoms with Crippen LogP contribution in [0.3, 0.4) is 0 Å². The highest BCUT2D eigenvalue weighted by Crippen LogP contribution is 2.29. The summed E-state index contributed by atoms with van der Waals surface area (Å²) in [6, 6.07) is 12.2. The molecule has 7 heteroatoms. The maximum absolute atomic E-state index is 13.2. The molecule has 2 aromatic rings. The minimum atomic E-state index is -0.433. The Bertz CT molecular complexity index is 915. The zero-order valence-corrected chi connectivity index (χ0v) is 21.5. The van der Waals surface area contributed by atoms with Gasteiger partial charge < -0.3 is 25.1 Å². The van der Waals surface area contributed by atoms with Crippen LogP contribution >= 0.6 is 0 Å². The largest absolute Gasteiger partial charge is 0.381 e. The second kappa shape index (κ2) is 12.8. The highest BCUT2D eigenvalue weighted by Gasteiger charge is 2.28.